The van der Waals surface area contributed by atoms with E-state index in [0.29, 0.717) is 5.92 Å². The van der Waals surface area contributed by atoms with Crippen molar-refractivity contribution < 1.29 is 9.84 Å². The Morgan fingerprint density at radius 3 is 2.09 bits per heavy atom. The fourth-order valence-corrected chi connectivity index (χ4v) is 1.39. The summed E-state index contributed by atoms with van der Waals surface area (Å²) in [5.41, 5.74) is 0. The van der Waals surface area contributed by atoms with Crippen LogP contribution >= 0.6 is 0 Å². The molecule has 0 aliphatic carbocycles. The van der Waals surface area contributed by atoms with Crippen LogP contribution < -0.4 is 0 Å². The fourth-order valence-electron chi connectivity index (χ4n) is 1.39. The van der Waals surface area contributed by atoms with Crippen LogP contribution in [0.1, 0.15) is 40.5 Å². The van der Waals surface area contributed by atoms with Gasteiger partial charge in [0.15, 0.2) is 6.29 Å². The maximum absolute atomic E-state index is 9.03. The molecule has 3 atom stereocenters. The van der Waals surface area contributed by atoms with Crippen molar-refractivity contribution in [2.24, 2.45) is 5.92 Å². The summed E-state index contributed by atoms with van der Waals surface area (Å²) in [6, 6.07) is 0. The fraction of sp³-hybridized carbons (Fsp3) is 1.00. The van der Waals surface area contributed by atoms with Crippen molar-refractivity contribution in [2.45, 2.75) is 52.9 Å². The molecule has 1 aliphatic rings. The number of hydrogen-bond donors (Lipinski definition) is 1. The Morgan fingerprint density at radius 1 is 1.18 bits per heavy atom. The Kier molecular flexibility index (Phi) is 5.51. The summed E-state index contributed by atoms with van der Waals surface area (Å²) >= 11 is 0. The van der Waals surface area contributed by atoms with Gasteiger partial charge in [-0.2, -0.15) is 0 Å². The molecule has 0 aromatic carbocycles. The minimum absolute atomic E-state index is 0.240. The Hall–Kier alpha value is -0.0800. The average molecular weight is 160 g/mol. The van der Waals surface area contributed by atoms with Gasteiger partial charge in [-0.3, -0.25) is 0 Å². The second-order valence-electron chi connectivity index (χ2n) is 2.98. The topological polar surface area (TPSA) is 29.5 Å². The molecule has 1 unspecified atom stereocenters. The van der Waals surface area contributed by atoms with E-state index < -0.39 is 6.29 Å². The third-order valence-corrected chi connectivity index (χ3v) is 1.73. The zero-order valence-electron chi connectivity index (χ0n) is 8.00. The van der Waals surface area contributed by atoms with Crippen molar-refractivity contribution in [2.75, 3.05) is 0 Å². The van der Waals surface area contributed by atoms with Gasteiger partial charge < -0.3 is 9.84 Å². The van der Waals surface area contributed by atoms with Crippen LogP contribution in [0.4, 0.5) is 0 Å². The molecule has 0 aromatic heterocycles. The molecule has 68 valence electrons. The molecule has 1 fully saturated rings. The SMILES string of the molecule is CC.C[C@@H]1CC(O)O[C@H](C)C1. The molecule has 0 saturated carbocycles. The third kappa shape index (κ3) is 4.38. The molecule has 0 bridgehead atoms. The van der Waals surface area contributed by atoms with Crippen LogP contribution in [0.2, 0.25) is 0 Å². The summed E-state index contributed by atoms with van der Waals surface area (Å²) in [6.07, 6.45) is 1.61. The van der Waals surface area contributed by atoms with E-state index in [4.69, 9.17) is 9.84 Å². The van der Waals surface area contributed by atoms with E-state index in [1.165, 1.54) is 0 Å². The molecule has 1 rings (SSSR count). The molecule has 1 aliphatic heterocycles. The minimum atomic E-state index is -0.510. The van der Waals surface area contributed by atoms with E-state index in [2.05, 4.69) is 6.92 Å². The van der Waals surface area contributed by atoms with Gasteiger partial charge in [0.05, 0.1) is 6.10 Å². The molecular weight excluding hydrogens is 140 g/mol. The Bertz CT molecular complexity index is 68.5. The predicted molar refractivity (Wildman–Crippen MR) is 46.3 cm³/mol. The number of rotatable bonds is 0. The van der Waals surface area contributed by atoms with Crippen molar-refractivity contribution in [3.63, 3.8) is 0 Å². The van der Waals surface area contributed by atoms with Crippen molar-refractivity contribution in [3.05, 3.63) is 0 Å². The zero-order valence-corrected chi connectivity index (χ0v) is 8.00. The van der Waals surface area contributed by atoms with Gasteiger partial charge in [0.25, 0.3) is 0 Å². The van der Waals surface area contributed by atoms with Crippen LogP contribution in [0.15, 0.2) is 0 Å². The second kappa shape index (κ2) is 5.56. The average Bonchev–Trinajstić information content (AvgIpc) is 1.88. The van der Waals surface area contributed by atoms with E-state index in [0.717, 1.165) is 12.8 Å². The maximum Gasteiger partial charge on any atom is 0.155 e. The molecular formula is C9H20O2. The van der Waals surface area contributed by atoms with Gasteiger partial charge in [0.1, 0.15) is 0 Å². The number of hydrogen-bond acceptors (Lipinski definition) is 2. The summed E-state index contributed by atoms with van der Waals surface area (Å²) in [4.78, 5) is 0. The van der Waals surface area contributed by atoms with Crippen LogP contribution in [-0.2, 0) is 4.74 Å². The monoisotopic (exact) mass is 160 g/mol. The molecule has 0 amide bonds. The summed E-state index contributed by atoms with van der Waals surface area (Å²) < 4.78 is 5.11. The molecule has 2 heteroatoms. The molecule has 1 heterocycles. The van der Waals surface area contributed by atoms with Gasteiger partial charge in [-0.05, 0) is 19.3 Å². The van der Waals surface area contributed by atoms with Crippen LogP contribution in [-0.4, -0.2) is 17.5 Å². The molecule has 2 nitrogen and oxygen atoms in total. The molecule has 11 heavy (non-hydrogen) atoms. The third-order valence-electron chi connectivity index (χ3n) is 1.73. The smallest absolute Gasteiger partial charge is 0.155 e. The summed E-state index contributed by atoms with van der Waals surface area (Å²) in [7, 11) is 0. The normalized spacial score (nSPS) is 37.4. The molecule has 1 N–H and O–H groups in total. The van der Waals surface area contributed by atoms with Crippen LogP contribution in [0.5, 0.6) is 0 Å². The predicted octanol–water partition coefficient (Wildman–Crippen LogP) is 2.17. The first kappa shape index (κ1) is 10.9. The van der Waals surface area contributed by atoms with Crippen molar-refractivity contribution >= 4 is 0 Å². The van der Waals surface area contributed by atoms with Crippen molar-refractivity contribution in [1.82, 2.24) is 0 Å². The van der Waals surface area contributed by atoms with E-state index in [1.54, 1.807) is 0 Å². The van der Waals surface area contributed by atoms with Crippen LogP contribution in [0, 0.1) is 5.92 Å². The minimum Gasteiger partial charge on any atom is -0.368 e. The molecule has 0 radical (unpaired) electrons. The Balaban J connectivity index is 0.000000461. The Morgan fingerprint density at radius 2 is 1.73 bits per heavy atom. The van der Waals surface area contributed by atoms with Crippen molar-refractivity contribution in [3.8, 4) is 0 Å². The molecule has 0 spiro atoms. The van der Waals surface area contributed by atoms with E-state index in [-0.39, 0.29) is 6.10 Å². The van der Waals surface area contributed by atoms with Crippen LogP contribution in [0.3, 0.4) is 0 Å². The summed E-state index contributed by atoms with van der Waals surface area (Å²) in [6.45, 7) is 8.14. The van der Waals surface area contributed by atoms with Gasteiger partial charge in [-0.25, -0.2) is 0 Å². The zero-order chi connectivity index (χ0) is 8.85. The number of aliphatic hydroxyl groups is 1. The second-order valence-corrected chi connectivity index (χ2v) is 2.98. The summed E-state index contributed by atoms with van der Waals surface area (Å²) in [5.74, 6) is 0.615. The highest BCUT2D eigenvalue weighted by atomic mass is 16.6. The first-order valence-corrected chi connectivity index (χ1v) is 4.52. The van der Waals surface area contributed by atoms with Crippen molar-refractivity contribution in [1.29, 1.82) is 0 Å². The van der Waals surface area contributed by atoms with Gasteiger partial charge >= 0.3 is 0 Å². The van der Waals surface area contributed by atoms with Gasteiger partial charge in [-0.15, -0.1) is 0 Å². The van der Waals surface area contributed by atoms with E-state index >= 15 is 0 Å². The largest absolute Gasteiger partial charge is 0.368 e. The highest BCUT2D eigenvalue weighted by Crippen LogP contribution is 2.22. The first-order valence-electron chi connectivity index (χ1n) is 4.52. The lowest BCUT2D eigenvalue weighted by Crippen LogP contribution is -2.29. The standard InChI is InChI=1S/C7H14O2.C2H6/c1-5-3-6(2)9-7(8)4-5;1-2/h5-8H,3-4H2,1-2H3;1-2H3/t5-,6+,7?;/m0./s1. The highest BCUT2D eigenvalue weighted by molar-refractivity contribution is 4.66. The lowest BCUT2D eigenvalue weighted by Gasteiger charge is -2.28. The summed E-state index contributed by atoms with van der Waals surface area (Å²) in [5, 5.41) is 9.03. The van der Waals surface area contributed by atoms with Gasteiger partial charge in [-0.1, -0.05) is 20.8 Å². The lowest BCUT2D eigenvalue weighted by molar-refractivity contribution is -0.169. The molecule has 1 saturated heterocycles. The lowest BCUT2D eigenvalue weighted by atomic mass is 9.98. The van der Waals surface area contributed by atoms with Crippen LogP contribution in [0.25, 0.3) is 0 Å². The Labute approximate surface area is 69.6 Å². The van der Waals surface area contributed by atoms with E-state index in [9.17, 15) is 0 Å². The highest BCUT2D eigenvalue weighted by Gasteiger charge is 2.21. The number of aliphatic hydroxyl groups excluding tert-OH is 1. The van der Waals surface area contributed by atoms with Gasteiger partial charge in [0.2, 0.25) is 0 Å². The van der Waals surface area contributed by atoms with E-state index in [1.807, 2.05) is 20.8 Å². The quantitative estimate of drug-likeness (QED) is 0.588. The maximum atomic E-state index is 9.03. The first-order chi connectivity index (χ1) is 5.18. The van der Waals surface area contributed by atoms with Gasteiger partial charge in [0, 0.05) is 6.42 Å². The number of ether oxygens (including phenoxy) is 1. The molecule has 0 aromatic rings.